The molecule has 2 nitrogen and oxygen atoms in total. The zero-order chi connectivity index (χ0) is 15.9. The topological polar surface area (TPSA) is 26.3 Å². The molecule has 0 amide bonds. The van der Waals surface area contributed by atoms with Gasteiger partial charge in [-0.3, -0.25) is 0 Å². The highest BCUT2D eigenvalue weighted by Gasteiger charge is 2.32. The summed E-state index contributed by atoms with van der Waals surface area (Å²) in [5.74, 6) is -0.294. The number of carbonyl (C=O) groups is 1. The van der Waals surface area contributed by atoms with Gasteiger partial charge in [-0.2, -0.15) is 13.2 Å². The van der Waals surface area contributed by atoms with Gasteiger partial charge < -0.3 is 4.74 Å². The quantitative estimate of drug-likeness (QED) is 0.432. The first kappa shape index (κ1) is 17.6. The van der Waals surface area contributed by atoms with Crippen molar-refractivity contribution in [3.05, 3.63) is 41.0 Å². The van der Waals surface area contributed by atoms with Crippen LogP contribution in [-0.2, 0) is 15.7 Å². The number of hydrogen-bond donors (Lipinski definition) is 0. The lowest BCUT2D eigenvalue weighted by Crippen LogP contribution is -2.10. The largest absolute Gasteiger partial charge is 0.463 e. The first-order chi connectivity index (χ1) is 9.90. The summed E-state index contributed by atoms with van der Waals surface area (Å²) in [4.78, 5) is 11.8. The van der Waals surface area contributed by atoms with E-state index in [1.807, 2.05) is 0 Å². The number of halogens is 4. The maximum atomic E-state index is 12.9. The van der Waals surface area contributed by atoms with Crippen LogP contribution in [-0.4, -0.2) is 18.5 Å². The van der Waals surface area contributed by atoms with Gasteiger partial charge in [-0.05, 0) is 37.5 Å². The Hall–Kier alpha value is -1.49. The van der Waals surface area contributed by atoms with E-state index in [1.54, 1.807) is 6.92 Å². The number of esters is 1. The minimum absolute atomic E-state index is 0.0531. The third kappa shape index (κ3) is 5.42. The summed E-state index contributed by atoms with van der Waals surface area (Å²) in [6, 6.07) is 5.10. The molecule has 6 heteroatoms. The lowest BCUT2D eigenvalue weighted by Gasteiger charge is -2.12. The molecule has 0 aliphatic heterocycles. The maximum Gasteiger partial charge on any atom is 0.416 e. The normalized spacial score (nSPS) is 12.3. The fourth-order valence-electron chi connectivity index (χ4n) is 1.78. The summed E-state index contributed by atoms with van der Waals surface area (Å²) < 4.78 is 43.7. The highest BCUT2D eigenvalue weighted by molar-refractivity contribution is 6.17. The third-order valence-electron chi connectivity index (χ3n) is 2.71. The molecule has 0 fully saturated rings. The molecule has 0 spiro atoms. The molecule has 0 aromatic heterocycles. The fraction of sp³-hybridized carbons (Fsp3) is 0.400. The van der Waals surface area contributed by atoms with Gasteiger partial charge in [0.15, 0.2) is 0 Å². The second-order valence-corrected chi connectivity index (χ2v) is 4.65. The van der Waals surface area contributed by atoms with Crippen LogP contribution >= 0.6 is 11.6 Å². The molecule has 0 radical (unpaired) electrons. The van der Waals surface area contributed by atoms with Gasteiger partial charge in [-0.15, -0.1) is 11.6 Å². The van der Waals surface area contributed by atoms with Gasteiger partial charge in [0, 0.05) is 11.5 Å². The molecular weight excluding hydrogens is 305 g/mol. The van der Waals surface area contributed by atoms with Crippen LogP contribution in [0.3, 0.4) is 0 Å². The van der Waals surface area contributed by atoms with Crippen LogP contribution < -0.4 is 0 Å². The highest BCUT2D eigenvalue weighted by Crippen LogP contribution is 2.33. The Kier molecular flexibility index (Phi) is 6.75. The molecule has 1 aromatic rings. The average molecular weight is 321 g/mol. The number of alkyl halides is 4. The molecule has 21 heavy (non-hydrogen) atoms. The molecule has 0 N–H and O–H groups in total. The van der Waals surface area contributed by atoms with Crippen molar-refractivity contribution in [2.45, 2.75) is 25.9 Å². The lowest BCUT2D eigenvalue weighted by molar-refractivity contribution is -0.139. The summed E-state index contributed by atoms with van der Waals surface area (Å²) >= 11 is 5.57. The van der Waals surface area contributed by atoms with Crippen LogP contribution in [0.5, 0.6) is 0 Å². The van der Waals surface area contributed by atoms with Crippen molar-refractivity contribution in [3.63, 3.8) is 0 Å². The zero-order valence-electron chi connectivity index (χ0n) is 11.5. The van der Waals surface area contributed by atoms with Crippen molar-refractivity contribution >= 4 is 23.6 Å². The molecule has 0 saturated carbocycles. The first-order valence-electron chi connectivity index (χ1n) is 6.50. The second-order valence-electron chi connectivity index (χ2n) is 4.27. The molecule has 0 saturated heterocycles. The van der Waals surface area contributed by atoms with Crippen LogP contribution in [0.15, 0.2) is 29.8 Å². The van der Waals surface area contributed by atoms with Crippen LogP contribution in [0.25, 0.3) is 6.08 Å². The number of rotatable bonds is 6. The van der Waals surface area contributed by atoms with Crippen LogP contribution in [0.1, 0.15) is 30.9 Å². The fourth-order valence-corrected chi connectivity index (χ4v) is 1.92. The standard InChI is InChI=1S/C15H16ClF3O2/c1-2-21-14(20)12(7-5-9-16)10-11-6-3-4-8-13(11)15(17,18)19/h3-4,6,8,10H,2,5,7,9H2,1H3. The SMILES string of the molecule is CCOC(=O)C(=Cc1ccccc1C(F)(F)F)CCCCl. The van der Waals surface area contributed by atoms with E-state index in [-0.39, 0.29) is 24.2 Å². The number of ether oxygens (including phenoxy) is 1. The van der Waals surface area contributed by atoms with Crippen LogP contribution in [0, 0.1) is 0 Å². The van der Waals surface area contributed by atoms with E-state index < -0.39 is 17.7 Å². The van der Waals surface area contributed by atoms with Crippen LogP contribution in [0.4, 0.5) is 13.2 Å². The van der Waals surface area contributed by atoms with Gasteiger partial charge in [0.05, 0.1) is 12.2 Å². The number of hydrogen-bond acceptors (Lipinski definition) is 2. The Morgan fingerprint density at radius 1 is 1.33 bits per heavy atom. The summed E-state index contributed by atoms with van der Waals surface area (Å²) in [6.45, 7) is 1.80. The van der Waals surface area contributed by atoms with E-state index in [1.165, 1.54) is 24.3 Å². The van der Waals surface area contributed by atoms with E-state index in [2.05, 4.69) is 0 Å². The third-order valence-corrected chi connectivity index (χ3v) is 2.98. The molecule has 0 unspecified atom stereocenters. The maximum absolute atomic E-state index is 12.9. The smallest absolute Gasteiger partial charge is 0.416 e. The Morgan fingerprint density at radius 2 is 2.00 bits per heavy atom. The summed E-state index contributed by atoms with van der Waals surface area (Å²) in [6.07, 6.45) is -2.48. The molecular formula is C15H16ClF3O2. The van der Waals surface area contributed by atoms with E-state index in [9.17, 15) is 18.0 Å². The van der Waals surface area contributed by atoms with Crippen molar-refractivity contribution in [2.75, 3.05) is 12.5 Å². The van der Waals surface area contributed by atoms with Gasteiger partial charge in [-0.25, -0.2) is 4.79 Å². The predicted molar refractivity (Wildman–Crippen MR) is 76.0 cm³/mol. The van der Waals surface area contributed by atoms with Crippen molar-refractivity contribution < 1.29 is 22.7 Å². The molecule has 0 atom stereocenters. The zero-order valence-corrected chi connectivity index (χ0v) is 12.3. The van der Waals surface area contributed by atoms with Gasteiger partial charge in [0.2, 0.25) is 0 Å². The Bertz CT molecular complexity index is 510. The first-order valence-corrected chi connectivity index (χ1v) is 7.03. The van der Waals surface area contributed by atoms with Crippen molar-refractivity contribution in [1.82, 2.24) is 0 Å². The molecule has 0 bridgehead atoms. The van der Waals surface area contributed by atoms with E-state index in [0.717, 1.165) is 6.07 Å². The van der Waals surface area contributed by atoms with E-state index in [0.29, 0.717) is 12.3 Å². The van der Waals surface area contributed by atoms with Crippen LogP contribution in [0.2, 0.25) is 0 Å². The molecule has 0 aliphatic rings. The number of benzene rings is 1. The monoisotopic (exact) mass is 320 g/mol. The molecule has 0 heterocycles. The molecule has 0 aliphatic carbocycles. The molecule has 1 aromatic carbocycles. The number of carbonyl (C=O) groups excluding carboxylic acids is 1. The van der Waals surface area contributed by atoms with Gasteiger partial charge >= 0.3 is 12.1 Å². The minimum atomic E-state index is -4.47. The minimum Gasteiger partial charge on any atom is -0.463 e. The molecule has 116 valence electrons. The van der Waals surface area contributed by atoms with E-state index in [4.69, 9.17) is 16.3 Å². The highest BCUT2D eigenvalue weighted by atomic mass is 35.5. The predicted octanol–water partition coefficient (Wildman–Crippen LogP) is 4.67. The Labute approximate surface area is 126 Å². The van der Waals surface area contributed by atoms with E-state index >= 15 is 0 Å². The Balaban J connectivity index is 3.18. The summed E-state index contributed by atoms with van der Waals surface area (Å²) in [5.41, 5.74) is -0.644. The second kappa shape index (κ2) is 8.08. The van der Waals surface area contributed by atoms with Crippen molar-refractivity contribution in [2.24, 2.45) is 0 Å². The Morgan fingerprint density at radius 3 is 2.57 bits per heavy atom. The van der Waals surface area contributed by atoms with Gasteiger partial charge in [0.25, 0.3) is 0 Å². The van der Waals surface area contributed by atoms with Gasteiger partial charge in [0.1, 0.15) is 0 Å². The summed E-state index contributed by atoms with van der Waals surface area (Å²) in [5, 5.41) is 0. The average Bonchev–Trinajstić information content (AvgIpc) is 2.43. The lowest BCUT2D eigenvalue weighted by atomic mass is 10.0. The van der Waals surface area contributed by atoms with Crippen molar-refractivity contribution in [1.29, 1.82) is 0 Å². The van der Waals surface area contributed by atoms with Gasteiger partial charge in [-0.1, -0.05) is 18.2 Å². The molecule has 1 rings (SSSR count). The van der Waals surface area contributed by atoms with Crippen molar-refractivity contribution in [3.8, 4) is 0 Å². The summed E-state index contributed by atoms with van der Waals surface area (Å²) in [7, 11) is 0.